The molecule has 0 radical (unpaired) electrons. The molecule has 0 atom stereocenters. The predicted octanol–water partition coefficient (Wildman–Crippen LogP) is 2.70. The molecule has 0 aliphatic heterocycles. The summed E-state index contributed by atoms with van der Waals surface area (Å²) in [6.07, 6.45) is 1.70. The normalized spacial score (nSPS) is 11.0. The molecule has 2 heterocycles. The largest absolute Gasteiger partial charge is 0.308 e. The zero-order chi connectivity index (χ0) is 14.8. The maximum absolute atomic E-state index is 5.53. The van der Waals surface area contributed by atoms with Gasteiger partial charge in [-0.3, -0.25) is 4.68 Å². The summed E-state index contributed by atoms with van der Waals surface area (Å²) in [4.78, 5) is 10.1. The van der Waals surface area contributed by atoms with Crippen molar-refractivity contribution in [2.24, 2.45) is 12.9 Å². The van der Waals surface area contributed by atoms with Crippen molar-refractivity contribution in [2.75, 3.05) is 5.43 Å². The lowest BCUT2D eigenvalue weighted by Crippen LogP contribution is -2.11. The molecule has 0 saturated carbocycles. The van der Waals surface area contributed by atoms with Crippen LogP contribution in [-0.4, -0.2) is 19.7 Å². The van der Waals surface area contributed by atoms with Crippen molar-refractivity contribution in [2.45, 2.75) is 10.6 Å². The van der Waals surface area contributed by atoms with Crippen LogP contribution in [0.2, 0.25) is 0 Å². The number of hydrogen-bond donors (Lipinski definition) is 2. The molecule has 0 fully saturated rings. The number of fused-ring (bicyclic) bond motifs is 1. The first kappa shape index (κ1) is 14.3. The van der Waals surface area contributed by atoms with Crippen LogP contribution in [0.15, 0.2) is 39.8 Å². The molecule has 0 aliphatic carbocycles. The smallest absolute Gasteiger partial charge is 0.163 e. The highest BCUT2D eigenvalue weighted by Crippen LogP contribution is 2.26. The molecular weight excluding hydrogens is 352 g/mol. The van der Waals surface area contributed by atoms with Gasteiger partial charge in [0.25, 0.3) is 0 Å². The van der Waals surface area contributed by atoms with Gasteiger partial charge in [0, 0.05) is 16.4 Å². The molecule has 3 aromatic rings. The van der Waals surface area contributed by atoms with E-state index in [1.807, 2.05) is 19.2 Å². The highest BCUT2D eigenvalue weighted by Gasteiger charge is 2.11. The number of benzene rings is 1. The first-order valence-corrected chi connectivity index (χ1v) is 7.99. The average Bonchev–Trinajstić information content (AvgIpc) is 2.86. The Hall–Kier alpha value is -1.64. The van der Waals surface area contributed by atoms with Gasteiger partial charge in [0.15, 0.2) is 11.5 Å². The fraction of sp³-hybridized carbons (Fsp3) is 0.154. The zero-order valence-corrected chi connectivity index (χ0v) is 13.6. The number of rotatable bonds is 4. The molecule has 21 heavy (non-hydrogen) atoms. The van der Waals surface area contributed by atoms with E-state index in [1.54, 1.807) is 22.6 Å². The van der Waals surface area contributed by atoms with Crippen LogP contribution in [0.5, 0.6) is 0 Å². The van der Waals surface area contributed by atoms with E-state index < -0.39 is 0 Å². The van der Waals surface area contributed by atoms with E-state index in [0.717, 1.165) is 20.4 Å². The Labute approximate surface area is 134 Å². The number of halogens is 1. The number of nitrogens with zero attached hydrogens (tertiary/aromatic N) is 4. The number of aryl methyl sites for hydroxylation is 1. The van der Waals surface area contributed by atoms with Gasteiger partial charge in [0.05, 0.1) is 17.3 Å². The summed E-state index contributed by atoms with van der Waals surface area (Å²) >= 11 is 5.14. The quantitative estimate of drug-likeness (QED) is 0.420. The maximum atomic E-state index is 5.53. The van der Waals surface area contributed by atoms with Crippen molar-refractivity contribution in [3.05, 3.63) is 40.8 Å². The maximum Gasteiger partial charge on any atom is 0.163 e. The number of hydrogen-bond acceptors (Lipinski definition) is 6. The molecule has 0 aliphatic rings. The van der Waals surface area contributed by atoms with Gasteiger partial charge in [-0.2, -0.15) is 5.10 Å². The third-order valence-electron chi connectivity index (χ3n) is 2.94. The summed E-state index contributed by atoms with van der Waals surface area (Å²) in [7, 11) is 1.85. The zero-order valence-electron chi connectivity index (χ0n) is 11.2. The van der Waals surface area contributed by atoms with Gasteiger partial charge in [0.1, 0.15) is 5.82 Å². The van der Waals surface area contributed by atoms with Crippen LogP contribution >= 0.6 is 27.7 Å². The van der Waals surface area contributed by atoms with Crippen LogP contribution in [-0.2, 0) is 12.8 Å². The molecule has 6 nitrogen and oxygen atoms in total. The molecule has 0 spiro atoms. The molecule has 8 heteroatoms. The number of nitrogen functional groups attached to an aromatic ring is 1. The average molecular weight is 365 g/mol. The van der Waals surface area contributed by atoms with Crippen molar-refractivity contribution >= 4 is 44.5 Å². The Morgan fingerprint density at radius 1 is 1.38 bits per heavy atom. The van der Waals surface area contributed by atoms with Gasteiger partial charge in [-0.05, 0) is 18.2 Å². The summed E-state index contributed by atoms with van der Waals surface area (Å²) in [5.41, 5.74) is 3.38. The summed E-state index contributed by atoms with van der Waals surface area (Å²) in [5, 5.41) is 5.00. The van der Waals surface area contributed by atoms with Gasteiger partial charge in [-0.15, -0.1) is 11.8 Å². The summed E-state index contributed by atoms with van der Waals surface area (Å²) in [6.45, 7) is 0. The number of nitrogens with one attached hydrogen (secondary N) is 1. The van der Waals surface area contributed by atoms with E-state index in [9.17, 15) is 0 Å². The lowest BCUT2D eigenvalue weighted by molar-refractivity contribution is 0.782. The molecule has 1 aromatic carbocycles. The number of thioether (sulfide) groups is 1. The van der Waals surface area contributed by atoms with Gasteiger partial charge in [0.2, 0.25) is 0 Å². The van der Waals surface area contributed by atoms with Crippen LogP contribution in [0.25, 0.3) is 11.0 Å². The molecule has 3 rings (SSSR count). The Bertz CT molecular complexity index is 787. The van der Waals surface area contributed by atoms with Gasteiger partial charge in [-0.25, -0.2) is 15.8 Å². The van der Waals surface area contributed by atoms with E-state index in [2.05, 4.69) is 48.6 Å². The fourth-order valence-corrected chi connectivity index (χ4v) is 3.31. The molecule has 0 amide bonds. The van der Waals surface area contributed by atoms with E-state index in [1.165, 1.54) is 0 Å². The van der Waals surface area contributed by atoms with Crippen molar-refractivity contribution in [3.8, 4) is 0 Å². The fourth-order valence-electron chi connectivity index (χ4n) is 1.95. The summed E-state index contributed by atoms with van der Waals surface area (Å²) < 4.78 is 2.77. The van der Waals surface area contributed by atoms with Crippen LogP contribution < -0.4 is 11.3 Å². The van der Waals surface area contributed by atoms with Crippen LogP contribution in [0.1, 0.15) is 5.82 Å². The molecule has 0 bridgehead atoms. The SMILES string of the molecule is Cn1ncc2c(NN)nc(CSc3cccc(Br)c3)nc21. The minimum absolute atomic E-state index is 0.595. The van der Waals surface area contributed by atoms with E-state index in [0.29, 0.717) is 17.4 Å². The molecule has 2 aromatic heterocycles. The van der Waals surface area contributed by atoms with Crippen molar-refractivity contribution in [3.63, 3.8) is 0 Å². The standard InChI is InChI=1S/C13H13BrN6S/c1-20-13-10(6-16-20)12(19-15)17-11(18-13)7-21-9-4-2-3-8(14)5-9/h2-6H,7,15H2,1H3,(H,17,18,19). The van der Waals surface area contributed by atoms with Crippen molar-refractivity contribution < 1.29 is 0 Å². The number of anilines is 1. The van der Waals surface area contributed by atoms with Gasteiger partial charge in [-0.1, -0.05) is 22.0 Å². The van der Waals surface area contributed by atoms with Crippen molar-refractivity contribution in [1.29, 1.82) is 0 Å². The minimum Gasteiger partial charge on any atom is -0.308 e. The molecule has 108 valence electrons. The van der Waals surface area contributed by atoms with Crippen LogP contribution in [0, 0.1) is 0 Å². The topological polar surface area (TPSA) is 81.7 Å². The Morgan fingerprint density at radius 2 is 2.24 bits per heavy atom. The Kier molecular flexibility index (Phi) is 4.09. The van der Waals surface area contributed by atoms with Crippen LogP contribution in [0.3, 0.4) is 0 Å². The molecule has 0 saturated heterocycles. The number of aromatic nitrogens is 4. The van der Waals surface area contributed by atoms with E-state index in [4.69, 9.17) is 5.84 Å². The summed E-state index contributed by atoms with van der Waals surface area (Å²) in [5.74, 6) is 7.50. The Morgan fingerprint density at radius 3 is 3.00 bits per heavy atom. The minimum atomic E-state index is 0.595. The van der Waals surface area contributed by atoms with E-state index >= 15 is 0 Å². The second-order valence-corrected chi connectivity index (χ2v) is 6.35. The third-order valence-corrected chi connectivity index (χ3v) is 4.42. The second-order valence-electron chi connectivity index (χ2n) is 4.38. The number of nitrogens with two attached hydrogens (primary N) is 1. The molecular formula is C13H13BrN6S. The van der Waals surface area contributed by atoms with Gasteiger partial charge >= 0.3 is 0 Å². The van der Waals surface area contributed by atoms with Crippen molar-refractivity contribution in [1.82, 2.24) is 19.7 Å². The Balaban J connectivity index is 1.88. The highest BCUT2D eigenvalue weighted by atomic mass is 79.9. The van der Waals surface area contributed by atoms with Crippen LogP contribution in [0.4, 0.5) is 5.82 Å². The van der Waals surface area contributed by atoms with E-state index in [-0.39, 0.29) is 0 Å². The monoisotopic (exact) mass is 364 g/mol. The summed E-state index contributed by atoms with van der Waals surface area (Å²) in [6, 6.07) is 8.12. The highest BCUT2D eigenvalue weighted by molar-refractivity contribution is 9.10. The lowest BCUT2D eigenvalue weighted by Gasteiger charge is -2.06. The second kappa shape index (κ2) is 6.00. The molecule has 0 unspecified atom stereocenters. The predicted molar refractivity (Wildman–Crippen MR) is 87.8 cm³/mol. The first-order valence-electron chi connectivity index (χ1n) is 6.21. The number of hydrazine groups is 1. The molecule has 3 N–H and O–H groups in total. The lowest BCUT2D eigenvalue weighted by atomic mass is 10.4. The third kappa shape index (κ3) is 3.02. The first-order chi connectivity index (χ1) is 10.2. The van der Waals surface area contributed by atoms with Gasteiger partial charge < -0.3 is 5.43 Å².